The monoisotopic (exact) mass is 631 g/mol. The van der Waals surface area contributed by atoms with Crippen LogP contribution in [0.3, 0.4) is 0 Å². The van der Waals surface area contributed by atoms with Crippen LogP contribution in [0.2, 0.25) is 0 Å². The third kappa shape index (κ3) is 8.33. The van der Waals surface area contributed by atoms with Crippen LogP contribution in [0.15, 0.2) is 42.5 Å². The van der Waals surface area contributed by atoms with Gasteiger partial charge in [-0.1, -0.05) is 43.5 Å². The van der Waals surface area contributed by atoms with Gasteiger partial charge in [-0.05, 0) is 35.2 Å². The standard InChI is InChI=1S/C26H28F3N3O6S3/c27-26(28,29)9-11-40(35,36)23(24(34)31-10-12-41(30,37)38)25-32-20-8-7-18(15-22(20)39-25)17-5-2-6-19(14-17)21(33)13-16-3-1-4-16/h2,5-8,14-16,23H,1,3-4,9-13H2,(H,31,34)(H2,30,37,38). The minimum absolute atomic E-state index is 0.0538. The number of Topliss-reactive ketones (excluding diaryl/α,β-unsaturated/α-hetero) is 1. The molecule has 15 heteroatoms. The molecule has 0 saturated heterocycles. The lowest BCUT2D eigenvalue weighted by Gasteiger charge is -2.24. The summed E-state index contributed by atoms with van der Waals surface area (Å²) in [6, 6.07) is 12.1. The summed E-state index contributed by atoms with van der Waals surface area (Å²) in [6.07, 6.45) is -2.72. The molecule has 1 saturated carbocycles. The summed E-state index contributed by atoms with van der Waals surface area (Å²) in [4.78, 5) is 29.8. The van der Waals surface area contributed by atoms with Crippen LogP contribution in [0.5, 0.6) is 0 Å². The summed E-state index contributed by atoms with van der Waals surface area (Å²) in [5, 5.41) is 4.71. The van der Waals surface area contributed by atoms with E-state index in [9.17, 15) is 39.6 Å². The number of benzene rings is 2. The van der Waals surface area contributed by atoms with E-state index >= 15 is 0 Å². The van der Waals surface area contributed by atoms with E-state index in [1.54, 1.807) is 36.4 Å². The summed E-state index contributed by atoms with van der Waals surface area (Å²) < 4.78 is 87.4. The normalized spacial score (nSPS) is 15.4. The molecule has 0 aliphatic heterocycles. The van der Waals surface area contributed by atoms with Gasteiger partial charge in [0.1, 0.15) is 5.01 Å². The first kappa shape index (κ1) is 31.1. The molecule has 222 valence electrons. The minimum Gasteiger partial charge on any atom is -0.354 e. The van der Waals surface area contributed by atoms with Crippen molar-refractivity contribution in [3.63, 3.8) is 0 Å². The van der Waals surface area contributed by atoms with Crippen molar-refractivity contribution in [2.75, 3.05) is 18.1 Å². The Morgan fingerprint density at radius 2 is 1.76 bits per heavy atom. The predicted molar refractivity (Wildman–Crippen MR) is 150 cm³/mol. The number of carbonyl (C=O) groups is 2. The Labute approximate surface area is 239 Å². The Bertz CT molecular complexity index is 1670. The smallest absolute Gasteiger partial charge is 0.354 e. The summed E-state index contributed by atoms with van der Waals surface area (Å²) in [7, 11) is -8.70. The minimum atomic E-state index is -4.78. The van der Waals surface area contributed by atoms with Crippen molar-refractivity contribution < 1.29 is 39.6 Å². The third-order valence-electron chi connectivity index (χ3n) is 6.80. The Morgan fingerprint density at radius 1 is 1.05 bits per heavy atom. The number of nitrogens with two attached hydrogens (primary N) is 1. The van der Waals surface area contributed by atoms with Gasteiger partial charge in [0.15, 0.2) is 20.9 Å². The SMILES string of the molecule is NS(=O)(=O)CCNC(=O)C(c1nc2ccc(-c3cccc(C(=O)CC4CCC4)c3)cc2s1)S(=O)(=O)CCC(F)(F)F. The van der Waals surface area contributed by atoms with E-state index in [1.807, 2.05) is 6.07 Å². The summed E-state index contributed by atoms with van der Waals surface area (Å²) in [5.41, 5.74) is 2.32. The molecule has 0 spiro atoms. The summed E-state index contributed by atoms with van der Waals surface area (Å²) in [5.74, 6) is -2.78. The molecule has 1 fully saturated rings. The predicted octanol–water partition coefficient (Wildman–Crippen LogP) is 4.15. The highest BCUT2D eigenvalue weighted by molar-refractivity contribution is 7.92. The molecule has 1 amide bonds. The second-order valence-corrected chi connectivity index (χ2v) is 15.0. The lowest BCUT2D eigenvalue weighted by atomic mass is 9.81. The number of amides is 1. The van der Waals surface area contributed by atoms with Gasteiger partial charge in [0.25, 0.3) is 0 Å². The zero-order chi connectivity index (χ0) is 30.0. The lowest BCUT2D eigenvalue weighted by Crippen LogP contribution is -2.38. The number of carbonyl (C=O) groups excluding carboxylic acids is 2. The maximum absolute atomic E-state index is 13.0. The molecule has 2 aromatic carbocycles. The number of nitrogens with one attached hydrogen (secondary N) is 1. The van der Waals surface area contributed by atoms with Crippen LogP contribution in [0.1, 0.15) is 52.7 Å². The molecule has 3 aromatic rings. The maximum atomic E-state index is 13.0. The molecule has 1 aliphatic rings. The Hall–Kier alpha value is -2.88. The van der Waals surface area contributed by atoms with E-state index in [4.69, 9.17) is 5.14 Å². The second kappa shape index (κ2) is 12.2. The van der Waals surface area contributed by atoms with Crippen LogP contribution < -0.4 is 10.5 Å². The van der Waals surface area contributed by atoms with Crippen LogP contribution in [-0.4, -0.2) is 57.7 Å². The van der Waals surface area contributed by atoms with Crippen molar-refractivity contribution in [3.05, 3.63) is 53.0 Å². The number of aromatic nitrogens is 1. The number of fused-ring (bicyclic) bond motifs is 1. The molecule has 4 rings (SSSR count). The molecule has 1 atom stereocenters. The molecule has 1 unspecified atom stereocenters. The van der Waals surface area contributed by atoms with Crippen LogP contribution in [0.25, 0.3) is 21.3 Å². The second-order valence-electron chi connectivity index (χ2n) is 10.0. The van der Waals surface area contributed by atoms with E-state index < -0.39 is 61.7 Å². The largest absolute Gasteiger partial charge is 0.390 e. The number of rotatable bonds is 12. The number of alkyl halides is 3. The van der Waals surface area contributed by atoms with E-state index in [2.05, 4.69) is 10.3 Å². The third-order valence-corrected chi connectivity index (χ3v) is 10.7. The number of nitrogens with zero attached hydrogens (tertiary/aromatic N) is 1. The molecule has 0 radical (unpaired) electrons. The van der Waals surface area contributed by atoms with Crippen molar-refractivity contribution in [1.29, 1.82) is 0 Å². The number of hydrogen-bond acceptors (Lipinski definition) is 8. The van der Waals surface area contributed by atoms with Gasteiger partial charge in [-0.15, -0.1) is 11.3 Å². The van der Waals surface area contributed by atoms with Crippen LogP contribution in [0, 0.1) is 5.92 Å². The molecular formula is C26H28F3N3O6S3. The Kier molecular flexibility index (Phi) is 9.21. The quantitative estimate of drug-likeness (QED) is 0.285. The molecule has 3 N–H and O–H groups in total. The van der Waals surface area contributed by atoms with Crippen molar-refractivity contribution in [1.82, 2.24) is 10.3 Å². The van der Waals surface area contributed by atoms with Gasteiger partial charge in [0.05, 0.1) is 28.1 Å². The Morgan fingerprint density at radius 3 is 2.39 bits per heavy atom. The zero-order valence-electron chi connectivity index (χ0n) is 21.7. The van der Waals surface area contributed by atoms with Gasteiger partial charge in [0, 0.05) is 18.5 Å². The summed E-state index contributed by atoms with van der Waals surface area (Å²) in [6.45, 7) is -0.534. The van der Waals surface area contributed by atoms with Crippen molar-refractivity contribution >= 4 is 53.1 Å². The van der Waals surface area contributed by atoms with Crippen molar-refractivity contribution in [2.24, 2.45) is 11.1 Å². The average molecular weight is 632 g/mol. The van der Waals surface area contributed by atoms with Gasteiger partial charge in [-0.2, -0.15) is 13.2 Å². The fourth-order valence-electron chi connectivity index (χ4n) is 4.40. The molecular weight excluding hydrogens is 603 g/mol. The highest BCUT2D eigenvalue weighted by atomic mass is 32.2. The number of thiazole rings is 1. The van der Waals surface area contributed by atoms with Crippen LogP contribution in [-0.2, 0) is 24.7 Å². The Balaban J connectivity index is 1.64. The molecule has 41 heavy (non-hydrogen) atoms. The number of ketones is 1. The fraction of sp³-hybridized carbons (Fsp3) is 0.423. The number of sulfonamides is 1. The van der Waals surface area contributed by atoms with E-state index in [1.165, 1.54) is 0 Å². The van der Waals surface area contributed by atoms with E-state index in [0.717, 1.165) is 36.2 Å². The van der Waals surface area contributed by atoms with Gasteiger partial charge >= 0.3 is 6.18 Å². The van der Waals surface area contributed by atoms with Gasteiger partial charge in [-0.3, -0.25) is 9.59 Å². The van der Waals surface area contributed by atoms with Crippen LogP contribution in [0.4, 0.5) is 13.2 Å². The number of halogens is 3. The highest BCUT2D eigenvalue weighted by Crippen LogP contribution is 2.36. The van der Waals surface area contributed by atoms with Crippen molar-refractivity contribution in [3.8, 4) is 11.1 Å². The molecule has 1 aromatic heterocycles. The fourth-order valence-corrected chi connectivity index (χ4v) is 7.88. The molecule has 0 bridgehead atoms. The lowest BCUT2D eigenvalue weighted by molar-refractivity contribution is -0.130. The maximum Gasteiger partial charge on any atom is 0.390 e. The van der Waals surface area contributed by atoms with Gasteiger partial charge in [0.2, 0.25) is 15.9 Å². The van der Waals surface area contributed by atoms with Gasteiger partial charge < -0.3 is 5.32 Å². The topological polar surface area (TPSA) is 153 Å². The zero-order valence-corrected chi connectivity index (χ0v) is 24.1. The molecule has 9 nitrogen and oxygen atoms in total. The summed E-state index contributed by atoms with van der Waals surface area (Å²) >= 11 is 0.829. The first-order chi connectivity index (χ1) is 19.1. The van der Waals surface area contributed by atoms with E-state index in [-0.39, 0.29) is 10.8 Å². The van der Waals surface area contributed by atoms with Crippen molar-refractivity contribution in [2.45, 2.75) is 43.5 Å². The number of hydrogen-bond donors (Lipinski definition) is 2. The average Bonchev–Trinajstić information content (AvgIpc) is 3.26. The van der Waals surface area contributed by atoms with Crippen LogP contribution >= 0.6 is 11.3 Å². The number of primary sulfonamides is 1. The molecule has 1 heterocycles. The number of sulfone groups is 1. The first-order valence-electron chi connectivity index (χ1n) is 12.7. The first-order valence-corrected chi connectivity index (χ1v) is 17.0. The molecule has 1 aliphatic carbocycles. The van der Waals surface area contributed by atoms with Gasteiger partial charge in [-0.25, -0.2) is 27.0 Å². The highest BCUT2D eigenvalue weighted by Gasteiger charge is 2.40. The van der Waals surface area contributed by atoms with E-state index in [0.29, 0.717) is 33.7 Å².